The highest BCUT2D eigenvalue weighted by Gasteiger charge is 2.28. The van der Waals surface area contributed by atoms with Crippen LogP contribution in [0.4, 0.5) is 4.39 Å². The van der Waals surface area contributed by atoms with Gasteiger partial charge in [-0.05, 0) is 54.8 Å². The number of amides is 2. The molecule has 4 rings (SSSR count). The number of piperidine rings is 1. The molecule has 34 heavy (non-hydrogen) atoms. The number of rotatable bonds is 1. The topological polar surface area (TPSA) is 97.9 Å². The van der Waals surface area contributed by atoms with Gasteiger partial charge in [0, 0.05) is 25.6 Å². The smallest absolute Gasteiger partial charge is 0.258 e. The van der Waals surface area contributed by atoms with E-state index >= 15 is 0 Å². The molecule has 1 fully saturated rings. The molecule has 4 bridgehead atoms. The number of carbonyl (C=O) groups is 2. The van der Waals surface area contributed by atoms with Gasteiger partial charge in [0.25, 0.3) is 5.91 Å². The third-order valence-corrected chi connectivity index (χ3v) is 5.70. The Morgan fingerprint density at radius 2 is 1.91 bits per heavy atom. The van der Waals surface area contributed by atoms with E-state index in [9.17, 15) is 14.0 Å². The molecule has 2 aromatic carbocycles. The molecule has 2 aromatic rings. The molecule has 2 amide bonds. The Kier molecular flexibility index (Phi) is 8.95. The largest absolute Gasteiger partial charge is 0.493 e. The van der Waals surface area contributed by atoms with Gasteiger partial charge in [0.1, 0.15) is 17.7 Å². The third kappa shape index (κ3) is 6.74. The van der Waals surface area contributed by atoms with Gasteiger partial charge in [0.05, 0.1) is 13.2 Å². The van der Waals surface area contributed by atoms with Crippen molar-refractivity contribution in [3.63, 3.8) is 0 Å². The van der Waals surface area contributed by atoms with Crippen LogP contribution in [0.15, 0.2) is 36.4 Å². The molecule has 3 N–H and O–H groups in total. The predicted octanol–water partition coefficient (Wildman–Crippen LogP) is 2.12. The van der Waals surface area contributed by atoms with Crippen LogP contribution in [0.3, 0.4) is 0 Å². The van der Waals surface area contributed by atoms with Gasteiger partial charge in [0.2, 0.25) is 5.91 Å². The number of nitrogens with one attached hydrogen (secondary N) is 3. The lowest BCUT2D eigenvalue weighted by Crippen LogP contribution is -2.56. The lowest BCUT2D eigenvalue weighted by atomic mass is 10.0. The number of ether oxygens (including phenoxy) is 3. The molecule has 0 unspecified atom stereocenters. The minimum absolute atomic E-state index is 0. The second kappa shape index (κ2) is 11.9. The van der Waals surface area contributed by atoms with Crippen LogP contribution < -0.4 is 30.2 Å². The molecule has 0 aromatic heterocycles. The van der Waals surface area contributed by atoms with Crippen molar-refractivity contribution in [2.45, 2.75) is 38.0 Å². The molecular formula is C24H29ClFN3O5. The summed E-state index contributed by atoms with van der Waals surface area (Å²) in [5, 5.41) is 9.03. The van der Waals surface area contributed by atoms with Crippen LogP contribution in [0, 0.1) is 5.82 Å². The summed E-state index contributed by atoms with van der Waals surface area (Å²) in [5.74, 6) is 0.407. The predicted molar refractivity (Wildman–Crippen MR) is 126 cm³/mol. The minimum atomic E-state index is -0.445. The first-order chi connectivity index (χ1) is 16.0. The number of benzene rings is 2. The standard InChI is InChI=1S/C24H28FN3O5.ClH/c1-31-21-4-2-15-3-5-23(29)27-12-16-8-17(25)11-18(9-16)33-20-6-7-26-13-19(20)28-24(30)14-32-22(21)10-15;/h2,4,8-11,19-20,26H,3,5-7,12-14H2,1H3,(H,27,29)(H,28,30);1H/t19-,20-;/m1./s1. The van der Waals surface area contributed by atoms with Crippen molar-refractivity contribution in [3.05, 3.63) is 53.3 Å². The Labute approximate surface area is 203 Å². The van der Waals surface area contributed by atoms with E-state index in [4.69, 9.17) is 14.2 Å². The Bertz CT molecular complexity index is 1020. The van der Waals surface area contributed by atoms with E-state index in [0.717, 1.165) is 12.1 Å². The number of hydrogen-bond acceptors (Lipinski definition) is 6. The average molecular weight is 494 g/mol. The molecule has 8 nitrogen and oxygen atoms in total. The maximum Gasteiger partial charge on any atom is 0.258 e. The first-order valence-corrected chi connectivity index (χ1v) is 11.0. The van der Waals surface area contributed by atoms with Crippen molar-refractivity contribution in [2.75, 3.05) is 26.8 Å². The number of aryl methyl sites for hydroxylation is 1. The first-order valence-electron chi connectivity index (χ1n) is 11.0. The Balaban J connectivity index is 0.00000324. The van der Waals surface area contributed by atoms with Crippen LogP contribution in [-0.2, 0) is 22.6 Å². The van der Waals surface area contributed by atoms with Gasteiger partial charge in [-0.2, -0.15) is 0 Å². The number of fused-ring (bicyclic) bond motifs is 5. The highest BCUT2D eigenvalue weighted by atomic mass is 35.5. The number of halogens is 2. The molecule has 0 saturated carbocycles. The van der Waals surface area contributed by atoms with E-state index in [1.165, 1.54) is 19.2 Å². The zero-order valence-electron chi connectivity index (χ0n) is 18.9. The summed E-state index contributed by atoms with van der Waals surface area (Å²) in [7, 11) is 1.53. The fourth-order valence-corrected chi connectivity index (χ4v) is 4.01. The zero-order valence-corrected chi connectivity index (χ0v) is 19.7. The highest BCUT2D eigenvalue weighted by Crippen LogP contribution is 2.28. The molecular weight excluding hydrogens is 465 g/mol. The van der Waals surface area contributed by atoms with E-state index in [2.05, 4.69) is 16.0 Å². The maximum absolute atomic E-state index is 14.2. The summed E-state index contributed by atoms with van der Waals surface area (Å²) in [4.78, 5) is 25.0. The van der Waals surface area contributed by atoms with Gasteiger partial charge in [-0.3, -0.25) is 9.59 Å². The van der Waals surface area contributed by atoms with Crippen LogP contribution in [0.5, 0.6) is 17.2 Å². The van der Waals surface area contributed by atoms with Crippen LogP contribution in [0.1, 0.15) is 24.0 Å². The lowest BCUT2D eigenvalue weighted by Gasteiger charge is -2.33. The van der Waals surface area contributed by atoms with Crippen molar-refractivity contribution in [2.24, 2.45) is 0 Å². The second-order valence-corrected chi connectivity index (χ2v) is 8.17. The lowest BCUT2D eigenvalue weighted by molar-refractivity contribution is -0.124. The third-order valence-electron chi connectivity index (χ3n) is 5.70. The van der Waals surface area contributed by atoms with Crippen LogP contribution in [0.25, 0.3) is 0 Å². The molecule has 1 saturated heterocycles. The molecule has 184 valence electrons. The van der Waals surface area contributed by atoms with E-state index in [0.29, 0.717) is 42.2 Å². The van der Waals surface area contributed by atoms with Gasteiger partial charge >= 0.3 is 0 Å². The summed E-state index contributed by atoms with van der Waals surface area (Å²) in [5.41, 5.74) is 1.48. The summed E-state index contributed by atoms with van der Waals surface area (Å²) < 4.78 is 31.3. The van der Waals surface area contributed by atoms with E-state index in [1.807, 2.05) is 6.07 Å². The molecule has 0 radical (unpaired) electrons. The summed E-state index contributed by atoms with van der Waals surface area (Å²) in [6, 6.07) is 9.47. The Morgan fingerprint density at radius 1 is 1.06 bits per heavy atom. The number of hydrogen-bond donors (Lipinski definition) is 3. The van der Waals surface area contributed by atoms with E-state index in [-0.39, 0.29) is 55.9 Å². The number of methoxy groups -OCH3 is 1. The van der Waals surface area contributed by atoms with Crippen molar-refractivity contribution in [3.8, 4) is 17.2 Å². The van der Waals surface area contributed by atoms with E-state index < -0.39 is 5.82 Å². The van der Waals surface area contributed by atoms with Gasteiger partial charge in [0.15, 0.2) is 18.1 Å². The Morgan fingerprint density at radius 3 is 2.74 bits per heavy atom. The fourth-order valence-electron chi connectivity index (χ4n) is 4.01. The van der Waals surface area contributed by atoms with E-state index in [1.54, 1.807) is 18.2 Å². The molecule has 2 aliphatic rings. The maximum atomic E-state index is 14.2. The van der Waals surface area contributed by atoms with Crippen molar-refractivity contribution >= 4 is 24.2 Å². The normalized spacial score (nSPS) is 21.1. The summed E-state index contributed by atoms with van der Waals surface area (Å²) in [6.07, 6.45) is 1.04. The van der Waals surface area contributed by atoms with Gasteiger partial charge in [-0.1, -0.05) is 6.07 Å². The van der Waals surface area contributed by atoms with Crippen molar-refractivity contribution in [1.29, 1.82) is 0 Å². The zero-order chi connectivity index (χ0) is 23.2. The second-order valence-electron chi connectivity index (χ2n) is 8.17. The highest BCUT2D eigenvalue weighted by molar-refractivity contribution is 5.85. The minimum Gasteiger partial charge on any atom is -0.493 e. The van der Waals surface area contributed by atoms with Gasteiger partial charge in [-0.25, -0.2) is 4.39 Å². The van der Waals surface area contributed by atoms with Gasteiger partial charge < -0.3 is 30.2 Å². The van der Waals surface area contributed by atoms with Gasteiger partial charge in [-0.15, -0.1) is 12.4 Å². The fraction of sp³-hybridized carbons (Fsp3) is 0.417. The van der Waals surface area contributed by atoms with Crippen molar-refractivity contribution < 1.29 is 28.2 Å². The Hall–Kier alpha value is -3.04. The molecule has 0 spiro atoms. The molecule has 2 aliphatic heterocycles. The SMILES string of the molecule is COc1ccc2cc1OCC(=O)N[C@@H]1CNCC[C@H]1Oc1cc(F)cc(c1)CNC(=O)CC2.Cl. The summed E-state index contributed by atoms with van der Waals surface area (Å²) >= 11 is 0. The number of carbonyl (C=O) groups excluding carboxylic acids is 2. The van der Waals surface area contributed by atoms with Crippen LogP contribution in [-0.4, -0.2) is 50.8 Å². The van der Waals surface area contributed by atoms with Crippen molar-refractivity contribution in [1.82, 2.24) is 16.0 Å². The molecule has 0 aliphatic carbocycles. The molecule has 2 atom stereocenters. The monoisotopic (exact) mass is 493 g/mol. The molecule has 2 heterocycles. The van der Waals surface area contributed by atoms with Crippen LogP contribution in [0.2, 0.25) is 0 Å². The molecule has 10 heteroatoms. The van der Waals surface area contributed by atoms with Crippen LogP contribution >= 0.6 is 12.4 Å². The summed E-state index contributed by atoms with van der Waals surface area (Å²) in [6.45, 7) is 1.23. The average Bonchev–Trinajstić information content (AvgIpc) is 2.80. The quantitative estimate of drug-likeness (QED) is 0.563. The first kappa shape index (κ1) is 25.6.